The summed E-state index contributed by atoms with van der Waals surface area (Å²) < 4.78 is 4.98. The second kappa shape index (κ2) is 6.42. The average Bonchev–Trinajstić information content (AvgIpc) is 2.80. The number of benzene rings is 1. The molecular formula is C12H15N3O2. The molecule has 0 saturated heterocycles. The number of hydrogen-bond donors (Lipinski definition) is 1. The lowest BCUT2D eigenvalue weighted by molar-refractivity contribution is -0.114. The van der Waals surface area contributed by atoms with Crippen molar-refractivity contribution in [3.8, 4) is 11.5 Å². The van der Waals surface area contributed by atoms with Gasteiger partial charge in [0.05, 0.1) is 0 Å². The maximum absolute atomic E-state index is 10.7. The van der Waals surface area contributed by atoms with Crippen LogP contribution in [0.15, 0.2) is 34.9 Å². The maximum Gasteiger partial charge on any atom is 0.270 e. The zero-order valence-corrected chi connectivity index (χ0v) is 10.1. The molecule has 1 N–H and O–H groups in total. The van der Waals surface area contributed by atoms with Gasteiger partial charge in [-0.25, -0.2) is 0 Å². The number of hydrogen-bond acceptors (Lipinski definition) is 4. The van der Waals surface area contributed by atoms with Crippen molar-refractivity contribution in [2.45, 2.75) is 20.8 Å². The second-order valence-electron chi connectivity index (χ2n) is 2.97. The Labute approximate surface area is 99.9 Å². The highest BCUT2D eigenvalue weighted by atomic mass is 16.5. The first-order valence-corrected chi connectivity index (χ1v) is 5.42. The molecular weight excluding hydrogens is 218 g/mol. The average molecular weight is 233 g/mol. The van der Waals surface area contributed by atoms with Gasteiger partial charge in [-0.3, -0.25) is 10.1 Å². The van der Waals surface area contributed by atoms with E-state index in [1.165, 1.54) is 6.92 Å². The van der Waals surface area contributed by atoms with Crippen LogP contribution in [-0.2, 0) is 4.79 Å². The molecule has 5 nitrogen and oxygen atoms in total. The molecule has 0 fully saturated rings. The first-order valence-electron chi connectivity index (χ1n) is 5.42. The summed E-state index contributed by atoms with van der Waals surface area (Å²) in [5.74, 6) is 0.344. The van der Waals surface area contributed by atoms with Crippen molar-refractivity contribution in [1.29, 1.82) is 0 Å². The molecule has 2 aromatic rings. The van der Waals surface area contributed by atoms with Gasteiger partial charge >= 0.3 is 0 Å². The molecule has 1 aromatic carbocycles. The number of amides is 1. The summed E-state index contributed by atoms with van der Waals surface area (Å²) >= 11 is 0. The van der Waals surface area contributed by atoms with E-state index >= 15 is 0 Å². The molecule has 0 saturated carbocycles. The van der Waals surface area contributed by atoms with Crippen molar-refractivity contribution in [1.82, 2.24) is 10.1 Å². The van der Waals surface area contributed by atoms with Gasteiger partial charge < -0.3 is 4.52 Å². The monoisotopic (exact) mass is 233 g/mol. The van der Waals surface area contributed by atoms with E-state index in [1.807, 2.05) is 44.2 Å². The number of nitrogens with zero attached hydrogens (tertiary/aromatic N) is 2. The lowest BCUT2D eigenvalue weighted by Gasteiger charge is -1.91. The maximum atomic E-state index is 10.7. The summed E-state index contributed by atoms with van der Waals surface area (Å²) in [4.78, 5) is 14.7. The van der Waals surface area contributed by atoms with Gasteiger partial charge in [0.1, 0.15) is 0 Å². The van der Waals surface area contributed by atoms with Gasteiger partial charge in [0.15, 0.2) is 0 Å². The van der Waals surface area contributed by atoms with E-state index < -0.39 is 0 Å². The largest absolute Gasteiger partial charge is 0.332 e. The quantitative estimate of drug-likeness (QED) is 0.865. The smallest absolute Gasteiger partial charge is 0.270 e. The van der Waals surface area contributed by atoms with Crippen molar-refractivity contribution in [2.75, 3.05) is 5.32 Å². The second-order valence-corrected chi connectivity index (χ2v) is 2.97. The normalized spacial score (nSPS) is 9.12. The van der Waals surface area contributed by atoms with Crippen molar-refractivity contribution in [2.24, 2.45) is 0 Å². The Kier molecular flexibility index (Phi) is 4.87. The Morgan fingerprint density at radius 1 is 1.24 bits per heavy atom. The van der Waals surface area contributed by atoms with Crippen LogP contribution in [0.5, 0.6) is 0 Å². The van der Waals surface area contributed by atoms with E-state index in [0.717, 1.165) is 5.56 Å². The molecule has 1 amide bonds. The number of carbonyl (C=O) groups excluding carboxylic acids is 1. The topological polar surface area (TPSA) is 68.0 Å². The van der Waals surface area contributed by atoms with E-state index in [4.69, 9.17) is 4.52 Å². The SMILES string of the molecule is CC.CC(=O)Nc1noc(-c2ccccc2)n1. The van der Waals surface area contributed by atoms with E-state index in [1.54, 1.807) is 0 Å². The van der Waals surface area contributed by atoms with Gasteiger partial charge in [0, 0.05) is 12.5 Å². The van der Waals surface area contributed by atoms with E-state index in [0.29, 0.717) is 5.89 Å². The van der Waals surface area contributed by atoms with Crippen LogP contribution in [0.25, 0.3) is 11.5 Å². The standard InChI is InChI=1S/C10H9N3O2.C2H6/c1-7(14)11-10-12-9(15-13-10)8-5-3-2-4-6-8;1-2/h2-6H,1H3,(H,11,13,14);1-2H3. The van der Waals surface area contributed by atoms with Gasteiger partial charge in [-0.2, -0.15) is 4.98 Å². The Morgan fingerprint density at radius 3 is 2.47 bits per heavy atom. The molecule has 90 valence electrons. The molecule has 0 aliphatic heterocycles. The van der Waals surface area contributed by atoms with Crippen molar-refractivity contribution in [3.05, 3.63) is 30.3 Å². The van der Waals surface area contributed by atoms with Crippen LogP contribution < -0.4 is 5.32 Å². The molecule has 0 atom stereocenters. The van der Waals surface area contributed by atoms with Gasteiger partial charge in [0.25, 0.3) is 11.8 Å². The van der Waals surface area contributed by atoms with Crippen LogP contribution in [0.3, 0.4) is 0 Å². The Morgan fingerprint density at radius 2 is 1.88 bits per heavy atom. The lowest BCUT2D eigenvalue weighted by Crippen LogP contribution is -2.06. The minimum Gasteiger partial charge on any atom is -0.332 e. The molecule has 0 unspecified atom stereocenters. The third-order valence-electron chi connectivity index (χ3n) is 1.73. The summed E-state index contributed by atoms with van der Waals surface area (Å²) in [6, 6.07) is 9.35. The van der Waals surface area contributed by atoms with Crippen molar-refractivity contribution >= 4 is 11.9 Å². The zero-order chi connectivity index (χ0) is 12.7. The van der Waals surface area contributed by atoms with Gasteiger partial charge in [-0.15, -0.1) is 0 Å². The van der Waals surface area contributed by atoms with Crippen LogP contribution >= 0.6 is 0 Å². The van der Waals surface area contributed by atoms with Gasteiger partial charge in [0.2, 0.25) is 5.91 Å². The van der Waals surface area contributed by atoms with Crippen molar-refractivity contribution in [3.63, 3.8) is 0 Å². The minimum absolute atomic E-state index is 0.182. The first-order chi connectivity index (χ1) is 8.25. The number of nitrogens with one attached hydrogen (secondary N) is 1. The molecule has 5 heteroatoms. The third kappa shape index (κ3) is 3.71. The number of anilines is 1. The Bertz CT molecular complexity index is 466. The predicted octanol–water partition coefficient (Wildman–Crippen LogP) is 2.72. The predicted molar refractivity (Wildman–Crippen MR) is 65.4 cm³/mol. The van der Waals surface area contributed by atoms with Crippen LogP contribution in [-0.4, -0.2) is 16.0 Å². The van der Waals surface area contributed by atoms with Crippen LogP contribution in [0, 0.1) is 0 Å². The zero-order valence-electron chi connectivity index (χ0n) is 10.1. The molecule has 0 aliphatic rings. The molecule has 2 rings (SSSR count). The summed E-state index contributed by atoms with van der Waals surface area (Å²) in [5.41, 5.74) is 0.821. The molecule has 1 heterocycles. The van der Waals surface area contributed by atoms with Gasteiger partial charge in [-0.1, -0.05) is 32.0 Å². The summed E-state index contributed by atoms with van der Waals surface area (Å²) in [5, 5.41) is 6.05. The van der Waals surface area contributed by atoms with Crippen LogP contribution in [0.2, 0.25) is 0 Å². The molecule has 0 radical (unpaired) electrons. The molecule has 0 spiro atoms. The number of carbonyl (C=O) groups is 1. The summed E-state index contributed by atoms with van der Waals surface area (Å²) in [7, 11) is 0. The fraction of sp³-hybridized carbons (Fsp3) is 0.250. The third-order valence-corrected chi connectivity index (χ3v) is 1.73. The highest BCUT2D eigenvalue weighted by Gasteiger charge is 2.08. The minimum atomic E-state index is -0.226. The number of rotatable bonds is 2. The van der Waals surface area contributed by atoms with E-state index in [9.17, 15) is 4.79 Å². The van der Waals surface area contributed by atoms with Crippen LogP contribution in [0.1, 0.15) is 20.8 Å². The molecule has 0 aliphatic carbocycles. The lowest BCUT2D eigenvalue weighted by atomic mass is 10.2. The highest BCUT2D eigenvalue weighted by Crippen LogP contribution is 2.17. The first kappa shape index (κ1) is 12.9. The van der Waals surface area contributed by atoms with E-state index in [-0.39, 0.29) is 11.9 Å². The Hall–Kier alpha value is -2.17. The molecule has 1 aromatic heterocycles. The molecule has 0 bridgehead atoms. The van der Waals surface area contributed by atoms with Gasteiger partial charge in [-0.05, 0) is 17.3 Å². The summed E-state index contributed by atoms with van der Waals surface area (Å²) in [6.45, 7) is 5.39. The fourth-order valence-electron chi connectivity index (χ4n) is 1.13. The van der Waals surface area contributed by atoms with Crippen LogP contribution in [0.4, 0.5) is 5.95 Å². The molecule has 17 heavy (non-hydrogen) atoms. The number of aromatic nitrogens is 2. The van der Waals surface area contributed by atoms with Crippen molar-refractivity contribution < 1.29 is 9.32 Å². The Balaban J connectivity index is 0.000000686. The fourth-order valence-corrected chi connectivity index (χ4v) is 1.13. The highest BCUT2D eigenvalue weighted by molar-refractivity contribution is 5.86. The summed E-state index contributed by atoms with van der Waals surface area (Å²) in [6.07, 6.45) is 0. The van der Waals surface area contributed by atoms with E-state index in [2.05, 4.69) is 15.5 Å².